The standard InChI is InChI=1S/C14H20F2N2/c1-3-10(2)14-9-18(7-6-17-14)11-4-5-12(15)13(16)8-11/h4-5,8,10,14,17H,3,6-7,9H2,1-2H3. The molecule has 0 aliphatic carbocycles. The molecule has 2 nitrogen and oxygen atoms in total. The zero-order valence-electron chi connectivity index (χ0n) is 10.9. The van der Waals surface area contributed by atoms with E-state index in [0.717, 1.165) is 31.7 Å². The van der Waals surface area contributed by atoms with Crippen LogP contribution in [0.2, 0.25) is 0 Å². The van der Waals surface area contributed by atoms with Crippen molar-refractivity contribution in [1.29, 1.82) is 0 Å². The van der Waals surface area contributed by atoms with Gasteiger partial charge in [0.25, 0.3) is 0 Å². The van der Waals surface area contributed by atoms with Crippen LogP contribution in [0.3, 0.4) is 0 Å². The van der Waals surface area contributed by atoms with Gasteiger partial charge in [0.1, 0.15) is 0 Å². The highest BCUT2D eigenvalue weighted by atomic mass is 19.2. The minimum Gasteiger partial charge on any atom is -0.369 e. The molecule has 1 N–H and O–H groups in total. The Kier molecular flexibility index (Phi) is 4.17. The summed E-state index contributed by atoms with van der Waals surface area (Å²) in [5, 5.41) is 3.49. The van der Waals surface area contributed by atoms with Crippen LogP contribution in [0.5, 0.6) is 0 Å². The first-order valence-corrected chi connectivity index (χ1v) is 6.55. The van der Waals surface area contributed by atoms with Crippen LogP contribution in [0.25, 0.3) is 0 Å². The molecule has 0 aromatic heterocycles. The molecule has 1 aromatic carbocycles. The second kappa shape index (κ2) is 5.65. The lowest BCUT2D eigenvalue weighted by molar-refractivity contribution is 0.341. The molecule has 1 saturated heterocycles. The molecule has 0 saturated carbocycles. The molecule has 1 aromatic rings. The summed E-state index contributed by atoms with van der Waals surface area (Å²) in [6.07, 6.45) is 1.11. The third kappa shape index (κ3) is 2.80. The molecule has 4 heteroatoms. The van der Waals surface area contributed by atoms with E-state index in [-0.39, 0.29) is 0 Å². The van der Waals surface area contributed by atoms with Gasteiger partial charge in [-0.3, -0.25) is 0 Å². The van der Waals surface area contributed by atoms with E-state index in [4.69, 9.17) is 0 Å². The molecule has 0 amide bonds. The summed E-state index contributed by atoms with van der Waals surface area (Å²) >= 11 is 0. The molecule has 2 rings (SSSR count). The van der Waals surface area contributed by atoms with Gasteiger partial charge < -0.3 is 10.2 Å². The molecule has 2 unspecified atom stereocenters. The number of halogens is 2. The van der Waals surface area contributed by atoms with Crippen LogP contribution < -0.4 is 10.2 Å². The third-order valence-corrected chi connectivity index (χ3v) is 3.80. The van der Waals surface area contributed by atoms with Crippen molar-refractivity contribution in [2.75, 3.05) is 24.5 Å². The van der Waals surface area contributed by atoms with Gasteiger partial charge in [0, 0.05) is 37.4 Å². The molecule has 1 heterocycles. The van der Waals surface area contributed by atoms with Crippen molar-refractivity contribution in [1.82, 2.24) is 5.32 Å². The number of hydrogen-bond acceptors (Lipinski definition) is 2. The first-order valence-electron chi connectivity index (χ1n) is 6.55. The molecule has 2 atom stereocenters. The Bertz CT molecular complexity index is 409. The summed E-state index contributed by atoms with van der Waals surface area (Å²) in [6.45, 7) is 6.95. The first-order chi connectivity index (χ1) is 8.61. The quantitative estimate of drug-likeness (QED) is 0.892. The van der Waals surface area contributed by atoms with E-state index in [1.165, 1.54) is 12.1 Å². The van der Waals surface area contributed by atoms with Crippen molar-refractivity contribution in [3.05, 3.63) is 29.8 Å². The van der Waals surface area contributed by atoms with Crippen LogP contribution in [-0.2, 0) is 0 Å². The average molecular weight is 254 g/mol. The topological polar surface area (TPSA) is 15.3 Å². The second-order valence-electron chi connectivity index (χ2n) is 4.99. The Balaban J connectivity index is 2.10. The van der Waals surface area contributed by atoms with E-state index < -0.39 is 11.6 Å². The minimum absolute atomic E-state index is 0.414. The van der Waals surface area contributed by atoms with E-state index in [2.05, 4.69) is 24.1 Å². The number of nitrogens with one attached hydrogen (secondary N) is 1. The Morgan fingerprint density at radius 1 is 1.39 bits per heavy atom. The van der Waals surface area contributed by atoms with Crippen molar-refractivity contribution >= 4 is 5.69 Å². The Hall–Kier alpha value is -1.16. The fourth-order valence-corrected chi connectivity index (χ4v) is 2.36. The highest BCUT2D eigenvalue weighted by Gasteiger charge is 2.23. The molecule has 1 fully saturated rings. The SMILES string of the molecule is CCC(C)C1CN(c2ccc(F)c(F)c2)CCN1. The zero-order chi connectivity index (χ0) is 13.1. The Labute approximate surface area is 107 Å². The molecule has 1 aliphatic heterocycles. The average Bonchev–Trinajstić information content (AvgIpc) is 2.41. The van der Waals surface area contributed by atoms with Crippen LogP contribution in [0.4, 0.5) is 14.5 Å². The molecule has 1 aliphatic rings. The smallest absolute Gasteiger partial charge is 0.160 e. The molecular formula is C14H20F2N2. The number of anilines is 1. The van der Waals surface area contributed by atoms with E-state index in [1.54, 1.807) is 6.07 Å². The van der Waals surface area contributed by atoms with Crippen LogP contribution in [0.1, 0.15) is 20.3 Å². The summed E-state index contributed by atoms with van der Waals surface area (Å²) in [5.41, 5.74) is 0.767. The fraction of sp³-hybridized carbons (Fsp3) is 0.571. The molecule has 0 bridgehead atoms. The lowest BCUT2D eigenvalue weighted by atomic mass is 9.97. The number of piperazine rings is 1. The van der Waals surface area contributed by atoms with E-state index in [1.807, 2.05) is 0 Å². The highest BCUT2D eigenvalue weighted by molar-refractivity contribution is 5.47. The maximum atomic E-state index is 13.2. The van der Waals surface area contributed by atoms with E-state index >= 15 is 0 Å². The maximum absolute atomic E-state index is 13.2. The van der Waals surface area contributed by atoms with Gasteiger partial charge in [-0.2, -0.15) is 0 Å². The summed E-state index contributed by atoms with van der Waals surface area (Å²) in [7, 11) is 0. The summed E-state index contributed by atoms with van der Waals surface area (Å²) in [4.78, 5) is 2.12. The van der Waals surface area contributed by atoms with Gasteiger partial charge in [-0.1, -0.05) is 20.3 Å². The third-order valence-electron chi connectivity index (χ3n) is 3.80. The van der Waals surface area contributed by atoms with Crippen molar-refractivity contribution in [3.8, 4) is 0 Å². The predicted octanol–water partition coefficient (Wildman–Crippen LogP) is 2.79. The van der Waals surface area contributed by atoms with Gasteiger partial charge in [0.2, 0.25) is 0 Å². The van der Waals surface area contributed by atoms with Crippen LogP contribution in [-0.4, -0.2) is 25.7 Å². The number of hydrogen-bond donors (Lipinski definition) is 1. The Morgan fingerprint density at radius 3 is 2.83 bits per heavy atom. The fourth-order valence-electron chi connectivity index (χ4n) is 2.36. The van der Waals surface area contributed by atoms with Gasteiger partial charge in [-0.25, -0.2) is 8.78 Å². The van der Waals surface area contributed by atoms with Gasteiger partial charge in [0.05, 0.1) is 0 Å². The van der Waals surface area contributed by atoms with Crippen molar-refractivity contribution in [3.63, 3.8) is 0 Å². The van der Waals surface area contributed by atoms with Crippen molar-refractivity contribution in [2.24, 2.45) is 5.92 Å². The van der Waals surface area contributed by atoms with E-state index in [0.29, 0.717) is 12.0 Å². The summed E-state index contributed by atoms with van der Waals surface area (Å²) < 4.78 is 26.2. The lowest BCUT2D eigenvalue weighted by Gasteiger charge is -2.38. The van der Waals surface area contributed by atoms with Crippen LogP contribution in [0.15, 0.2) is 18.2 Å². The lowest BCUT2D eigenvalue weighted by Crippen LogP contribution is -2.53. The van der Waals surface area contributed by atoms with E-state index in [9.17, 15) is 8.78 Å². The van der Waals surface area contributed by atoms with Gasteiger partial charge in [-0.15, -0.1) is 0 Å². The molecule has 0 spiro atoms. The minimum atomic E-state index is -0.785. The normalized spacial score (nSPS) is 22.0. The second-order valence-corrected chi connectivity index (χ2v) is 4.99. The first kappa shape index (κ1) is 13.3. The maximum Gasteiger partial charge on any atom is 0.160 e. The van der Waals surface area contributed by atoms with Gasteiger partial charge >= 0.3 is 0 Å². The van der Waals surface area contributed by atoms with Gasteiger partial charge in [0.15, 0.2) is 11.6 Å². The van der Waals surface area contributed by atoms with Crippen molar-refractivity contribution in [2.45, 2.75) is 26.3 Å². The zero-order valence-corrected chi connectivity index (χ0v) is 10.9. The van der Waals surface area contributed by atoms with Crippen LogP contribution >= 0.6 is 0 Å². The predicted molar refractivity (Wildman–Crippen MR) is 69.8 cm³/mol. The molecule has 100 valence electrons. The number of rotatable bonds is 3. The summed E-state index contributed by atoms with van der Waals surface area (Å²) in [6, 6.07) is 4.55. The largest absolute Gasteiger partial charge is 0.369 e. The highest BCUT2D eigenvalue weighted by Crippen LogP contribution is 2.21. The molecule has 18 heavy (non-hydrogen) atoms. The molecular weight excluding hydrogens is 234 g/mol. The summed E-state index contributed by atoms with van der Waals surface area (Å²) in [5.74, 6) is -0.975. The number of benzene rings is 1. The number of nitrogens with zero attached hydrogens (tertiary/aromatic N) is 1. The van der Waals surface area contributed by atoms with Crippen molar-refractivity contribution < 1.29 is 8.78 Å². The molecule has 0 radical (unpaired) electrons. The van der Waals surface area contributed by atoms with Crippen LogP contribution in [0, 0.1) is 17.6 Å². The monoisotopic (exact) mass is 254 g/mol. The van der Waals surface area contributed by atoms with Gasteiger partial charge in [-0.05, 0) is 18.1 Å². The Morgan fingerprint density at radius 2 is 2.17 bits per heavy atom.